The topological polar surface area (TPSA) is 161 Å². The van der Waals surface area contributed by atoms with Gasteiger partial charge in [-0.15, -0.1) is 11.3 Å². The Morgan fingerprint density at radius 2 is 1.03 bits per heavy atom. The molecule has 13 heteroatoms. The Labute approximate surface area is 229 Å². The zero-order valence-electron chi connectivity index (χ0n) is 21.9. The highest BCUT2D eigenvalue weighted by molar-refractivity contribution is 7.86. The highest BCUT2D eigenvalue weighted by atomic mass is 32.2. The fourth-order valence-corrected chi connectivity index (χ4v) is 6.20. The Kier molecular flexibility index (Phi) is 6.13. The molecule has 0 saturated heterocycles. The van der Waals surface area contributed by atoms with E-state index in [9.17, 15) is 25.9 Å². The van der Waals surface area contributed by atoms with E-state index in [-0.39, 0.29) is 43.8 Å². The number of benzene rings is 2. The molecule has 0 spiro atoms. The SMILES string of the molecule is CC(C)(C)c1cc(S(=O)(=O)O)c2oc(-c3ccc(-c4nc5cc(C(C)(C)C)cc(S(=O)(=O)O)c5o4)s3)nc2c1. The molecular formula is C26H26N2O8S3. The van der Waals surface area contributed by atoms with Crippen molar-refractivity contribution in [2.24, 2.45) is 0 Å². The molecule has 2 aromatic carbocycles. The summed E-state index contributed by atoms with van der Waals surface area (Å²) >= 11 is 1.18. The summed E-state index contributed by atoms with van der Waals surface area (Å²) in [6.07, 6.45) is 0. The third-order valence-electron chi connectivity index (χ3n) is 6.23. The summed E-state index contributed by atoms with van der Waals surface area (Å²) in [5, 5.41) is 0. The van der Waals surface area contributed by atoms with Crippen molar-refractivity contribution in [3.05, 3.63) is 47.5 Å². The van der Waals surface area contributed by atoms with Gasteiger partial charge in [-0.2, -0.15) is 16.8 Å². The van der Waals surface area contributed by atoms with Crippen LogP contribution >= 0.6 is 11.3 Å². The van der Waals surface area contributed by atoms with Gasteiger partial charge >= 0.3 is 0 Å². The van der Waals surface area contributed by atoms with Gasteiger partial charge in [-0.05, 0) is 58.4 Å². The molecule has 0 saturated carbocycles. The maximum atomic E-state index is 12.1. The normalized spacial score (nSPS) is 13.5. The number of hydrogen-bond donors (Lipinski definition) is 2. The van der Waals surface area contributed by atoms with Crippen LogP contribution in [0.2, 0.25) is 0 Å². The fraction of sp³-hybridized carbons (Fsp3) is 0.308. The summed E-state index contributed by atoms with van der Waals surface area (Å²) in [5.41, 5.74) is 0.904. The highest BCUT2D eigenvalue weighted by Gasteiger charge is 2.27. The van der Waals surface area contributed by atoms with Crippen molar-refractivity contribution in [1.82, 2.24) is 9.97 Å². The van der Waals surface area contributed by atoms with Crippen molar-refractivity contribution in [3.8, 4) is 21.5 Å². The van der Waals surface area contributed by atoms with Gasteiger partial charge in [0.15, 0.2) is 11.2 Å². The molecule has 0 fully saturated rings. The van der Waals surface area contributed by atoms with E-state index in [1.807, 2.05) is 41.5 Å². The van der Waals surface area contributed by atoms with Crippen molar-refractivity contribution >= 4 is 53.8 Å². The standard InChI is InChI=1S/C26H26N2O8S3/c1-25(2,3)13-9-15-21(19(11-13)38(29,30)31)35-23(27-15)17-7-8-18(37-17)24-28-16-10-14(26(4,5)6)12-20(22(16)36-24)39(32,33)34/h7-12H,1-6H3,(H,29,30,31)(H,32,33,34). The lowest BCUT2D eigenvalue weighted by molar-refractivity contribution is 0.478. The zero-order valence-corrected chi connectivity index (χ0v) is 24.4. The minimum atomic E-state index is -4.59. The Bertz CT molecular complexity index is 1840. The van der Waals surface area contributed by atoms with Crippen molar-refractivity contribution in [1.29, 1.82) is 0 Å². The number of nitrogens with zero attached hydrogens (tertiary/aromatic N) is 2. The van der Waals surface area contributed by atoms with Gasteiger partial charge in [-0.3, -0.25) is 9.11 Å². The molecule has 3 heterocycles. The molecule has 3 aromatic heterocycles. The van der Waals surface area contributed by atoms with Gasteiger partial charge in [0.1, 0.15) is 20.8 Å². The van der Waals surface area contributed by atoms with E-state index < -0.39 is 31.1 Å². The molecule has 0 unspecified atom stereocenters. The largest absolute Gasteiger partial charge is 0.434 e. The van der Waals surface area contributed by atoms with Crippen LogP contribution in [-0.4, -0.2) is 35.9 Å². The first-order chi connectivity index (χ1) is 17.8. The average Bonchev–Trinajstić information content (AvgIpc) is 3.51. The summed E-state index contributed by atoms with van der Waals surface area (Å²) < 4.78 is 79.7. The second-order valence-corrected chi connectivity index (χ2v) is 15.2. The molecule has 5 aromatic rings. The summed E-state index contributed by atoms with van der Waals surface area (Å²) in [6.45, 7) is 11.5. The summed E-state index contributed by atoms with van der Waals surface area (Å²) in [6, 6.07) is 9.56. The monoisotopic (exact) mass is 590 g/mol. The molecule has 2 N–H and O–H groups in total. The minimum absolute atomic E-state index is 0.0650. The predicted molar refractivity (Wildman–Crippen MR) is 147 cm³/mol. The molecular weight excluding hydrogens is 564 g/mol. The molecule has 0 bridgehead atoms. The third kappa shape index (κ3) is 5.12. The summed E-state index contributed by atoms with van der Waals surface area (Å²) in [4.78, 5) is 9.25. The fourth-order valence-electron chi connectivity index (χ4n) is 4.03. The lowest BCUT2D eigenvalue weighted by atomic mass is 9.87. The Morgan fingerprint density at radius 3 is 1.33 bits per heavy atom. The van der Waals surface area contributed by atoms with Crippen molar-refractivity contribution in [2.75, 3.05) is 0 Å². The second-order valence-electron chi connectivity index (χ2n) is 11.3. The van der Waals surface area contributed by atoms with Crippen LogP contribution in [0.5, 0.6) is 0 Å². The number of thiophene rings is 1. The third-order valence-corrected chi connectivity index (χ3v) is 9.01. The quantitative estimate of drug-likeness (QED) is 0.222. The lowest BCUT2D eigenvalue weighted by Gasteiger charge is -2.19. The minimum Gasteiger partial charge on any atom is -0.434 e. The van der Waals surface area contributed by atoms with Crippen molar-refractivity contribution in [2.45, 2.75) is 62.2 Å². The molecule has 39 heavy (non-hydrogen) atoms. The first-order valence-corrected chi connectivity index (χ1v) is 15.5. The van der Waals surface area contributed by atoms with Gasteiger partial charge in [0.2, 0.25) is 11.8 Å². The molecule has 0 amide bonds. The van der Waals surface area contributed by atoms with Crippen LogP contribution in [0.3, 0.4) is 0 Å². The number of fused-ring (bicyclic) bond motifs is 2. The van der Waals surface area contributed by atoms with Crippen LogP contribution in [0.25, 0.3) is 43.7 Å². The second kappa shape index (κ2) is 8.70. The highest BCUT2D eigenvalue weighted by Crippen LogP contribution is 2.40. The van der Waals surface area contributed by atoms with Gasteiger partial charge in [-0.1, -0.05) is 41.5 Å². The lowest BCUT2D eigenvalue weighted by Crippen LogP contribution is -2.12. The molecule has 0 aliphatic rings. The Morgan fingerprint density at radius 1 is 0.667 bits per heavy atom. The van der Waals surface area contributed by atoms with Crippen LogP contribution in [0.1, 0.15) is 52.7 Å². The molecule has 0 atom stereocenters. The summed E-state index contributed by atoms with van der Waals surface area (Å²) in [5.74, 6) is 0.254. The Balaban J connectivity index is 1.63. The van der Waals surface area contributed by atoms with E-state index in [4.69, 9.17) is 8.83 Å². The zero-order chi connectivity index (χ0) is 28.7. The average molecular weight is 591 g/mol. The van der Waals surface area contributed by atoms with Crippen LogP contribution in [-0.2, 0) is 31.1 Å². The maximum Gasteiger partial charge on any atom is 0.298 e. The van der Waals surface area contributed by atoms with Gasteiger partial charge in [0, 0.05) is 0 Å². The number of aromatic nitrogens is 2. The molecule has 5 rings (SSSR count). The van der Waals surface area contributed by atoms with Gasteiger partial charge in [0.05, 0.1) is 9.75 Å². The van der Waals surface area contributed by atoms with E-state index >= 15 is 0 Å². The number of hydrogen-bond acceptors (Lipinski definition) is 9. The van der Waals surface area contributed by atoms with E-state index in [1.165, 1.54) is 23.5 Å². The van der Waals surface area contributed by atoms with E-state index in [0.717, 1.165) is 0 Å². The Hall–Kier alpha value is -3.10. The van der Waals surface area contributed by atoms with E-state index in [0.29, 0.717) is 20.9 Å². The smallest absolute Gasteiger partial charge is 0.298 e. The molecule has 0 aliphatic carbocycles. The molecule has 206 valence electrons. The van der Waals surface area contributed by atoms with Gasteiger partial charge in [-0.25, -0.2) is 9.97 Å². The van der Waals surface area contributed by atoms with Gasteiger partial charge in [0.25, 0.3) is 20.2 Å². The molecule has 10 nitrogen and oxygen atoms in total. The summed E-state index contributed by atoms with van der Waals surface area (Å²) in [7, 11) is -9.18. The first-order valence-electron chi connectivity index (χ1n) is 11.8. The van der Waals surface area contributed by atoms with Crippen LogP contribution < -0.4 is 0 Å². The van der Waals surface area contributed by atoms with Crippen LogP contribution in [0, 0.1) is 0 Å². The van der Waals surface area contributed by atoms with Crippen LogP contribution in [0.4, 0.5) is 0 Å². The van der Waals surface area contributed by atoms with Gasteiger partial charge < -0.3 is 8.83 Å². The van der Waals surface area contributed by atoms with E-state index in [1.54, 1.807) is 24.3 Å². The number of rotatable bonds is 4. The van der Waals surface area contributed by atoms with Crippen molar-refractivity contribution < 1.29 is 34.8 Å². The molecule has 0 aliphatic heterocycles. The molecule has 0 radical (unpaired) electrons. The van der Waals surface area contributed by atoms with Crippen molar-refractivity contribution in [3.63, 3.8) is 0 Å². The van der Waals surface area contributed by atoms with Crippen LogP contribution in [0.15, 0.2) is 55.0 Å². The number of oxazole rings is 2. The predicted octanol–water partition coefficient (Wildman–Crippen LogP) is 6.45. The van der Waals surface area contributed by atoms with E-state index in [2.05, 4.69) is 9.97 Å². The first kappa shape index (κ1) is 27.5. The maximum absolute atomic E-state index is 12.1.